The summed E-state index contributed by atoms with van der Waals surface area (Å²) in [5, 5.41) is 3.97. The van der Waals surface area contributed by atoms with Gasteiger partial charge in [-0.1, -0.05) is 5.16 Å². The third-order valence-electron chi connectivity index (χ3n) is 4.73. The fourth-order valence-electron chi connectivity index (χ4n) is 3.07. The monoisotopic (exact) mass is 431 g/mol. The van der Waals surface area contributed by atoms with E-state index in [0.717, 1.165) is 17.7 Å². The van der Waals surface area contributed by atoms with Gasteiger partial charge in [-0.25, -0.2) is 8.78 Å². The lowest BCUT2D eigenvalue weighted by Gasteiger charge is -2.31. The molecule has 3 aromatic rings. The normalized spacial score (nSPS) is 16.2. The maximum Gasteiger partial charge on any atom is 0.260 e. The Hall–Kier alpha value is -3.53. The number of benzene rings is 2. The Kier molecular flexibility index (Phi) is 6.08. The lowest BCUT2D eigenvalue weighted by atomic mass is 10.2. The van der Waals surface area contributed by atoms with Crippen molar-refractivity contribution in [1.82, 2.24) is 15.0 Å². The van der Waals surface area contributed by atoms with E-state index in [4.69, 9.17) is 18.7 Å². The molecule has 1 aliphatic rings. The first-order valence-electron chi connectivity index (χ1n) is 9.49. The van der Waals surface area contributed by atoms with Gasteiger partial charge in [0.1, 0.15) is 11.6 Å². The van der Waals surface area contributed by atoms with Crippen LogP contribution in [0.5, 0.6) is 11.5 Å². The minimum absolute atomic E-state index is 0.179. The summed E-state index contributed by atoms with van der Waals surface area (Å²) in [4.78, 5) is 18.4. The first-order valence-corrected chi connectivity index (χ1v) is 9.49. The molecule has 0 bridgehead atoms. The molecule has 1 aromatic heterocycles. The molecule has 1 saturated heterocycles. The number of hydrogen-bond donors (Lipinski definition) is 0. The number of ether oxygens (including phenoxy) is 3. The highest BCUT2D eigenvalue weighted by Gasteiger charge is 2.30. The number of morpholine rings is 1. The maximum absolute atomic E-state index is 13.7. The number of aromatic nitrogens is 2. The van der Waals surface area contributed by atoms with Crippen LogP contribution in [0.1, 0.15) is 12.0 Å². The van der Waals surface area contributed by atoms with Crippen molar-refractivity contribution in [2.45, 2.75) is 6.10 Å². The molecule has 10 heteroatoms. The quantitative estimate of drug-likeness (QED) is 0.593. The van der Waals surface area contributed by atoms with E-state index in [2.05, 4.69) is 10.1 Å². The summed E-state index contributed by atoms with van der Waals surface area (Å²) in [5.74, 6) is -0.813. The largest absolute Gasteiger partial charge is 0.497 e. The Morgan fingerprint density at radius 2 is 2.03 bits per heavy atom. The van der Waals surface area contributed by atoms with E-state index < -0.39 is 24.3 Å². The van der Waals surface area contributed by atoms with Crippen molar-refractivity contribution < 1.29 is 32.3 Å². The van der Waals surface area contributed by atoms with Gasteiger partial charge in [0, 0.05) is 18.2 Å². The molecule has 8 nitrogen and oxygen atoms in total. The number of hydrogen-bond acceptors (Lipinski definition) is 7. The Balaban J connectivity index is 1.37. The Morgan fingerprint density at radius 3 is 2.77 bits per heavy atom. The van der Waals surface area contributed by atoms with Crippen molar-refractivity contribution in [2.75, 3.05) is 33.4 Å². The van der Waals surface area contributed by atoms with Gasteiger partial charge >= 0.3 is 0 Å². The molecule has 31 heavy (non-hydrogen) atoms. The number of nitrogens with zero attached hydrogens (tertiary/aromatic N) is 3. The fourth-order valence-corrected chi connectivity index (χ4v) is 3.07. The van der Waals surface area contributed by atoms with Crippen molar-refractivity contribution in [2.24, 2.45) is 0 Å². The summed E-state index contributed by atoms with van der Waals surface area (Å²) in [6.45, 7) is 0.389. The van der Waals surface area contributed by atoms with Crippen molar-refractivity contribution in [3.63, 3.8) is 0 Å². The van der Waals surface area contributed by atoms with Crippen LogP contribution in [0.2, 0.25) is 0 Å². The number of carbonyl (C=O) groups excluding carboxylic acids is 1. The Morgan fingerprint density at radius 1 is 1.23 bits per heavy atom. The van der Waals surface area contributed by atoms with E-state index in [1.54, 1.807) is 31.4 Å². The smallest absolute Gasteiger partial charge is 0.260 e. The number of halogens is 2. The lowest BCUT2D eigenvalue weighted by Crippen LogP contribution is -2.44. The molecule has 1 aliphatic heterocycles. The highest BCUT2D eigenvalue weighted by Crippen LogP contribution is 2.25. The first-order chi connectivity index (χ1) is 15.0. The molecule has 1 amide bonds. The predicted molar refractivity (Wildman–Crippen MR) is 103 cm³/mol. The van der Waals surface area contributed by atoms with Crippen molar-refractivity contribution in [3.8, 4) is 22.9 Å². The van der Waals surface area contributed by atoms with Gasteiger partial charge in [-0.05, 0) is 36.4 Å². The molecule has 0 unspecified atom stereocenters. The number of rotatable bonds is 6. The molecule has 4 rings (SSSR count). The van der Waals surface area contributed by atoms with Crippen LogP contribution in [-0.2, 0) is 9.53 Å². The summed E-state index contributed by atoms with van der Waals surface area (Å²) in [7, 11) is 1.58. The first kappa shape index (κ1) is 20.7. The maximum atomic E-state index is 13.7. The number of carbonyl (C=O) groups is 1. The van der Waals surface area contributed by atoms with Gasteiger partial charge in [-0.3, -0.25) is 4.79 Å². The van der Waals surface area contributed by atoms with Gasteiger partial charge in [0.25, 0.3) is 11.8 Å². The summed E-state index contributed by atoms with van der Waals surface area (Å²) < 4.78 is 48.0. The average Bonchev–Trinajstić information content (AvgIpc) is 3.29. The minimum atomic E-state index is -0.871. The van der Waals surface area contributed by atoms with E-state index in [-0.39, 0.29) is 30.7 Å². The van der Waals surface area contributed by atoms with E-state index in [1.807, 2.05) is 0 Å². The second-order valence-corrected chi connectivity index (χ2v) is 6.75. The number of amides is 1. The van der Waals surface area contributed by atoms with E-state index >= 15 is 0 Å². The summed E-state index contributed by atoms with van der Waals surface area (Å²) in [5.41, 5.74) is 0.745. The molecular formula is C21H19F2N3O5. The molecule has 1 atom stereocenters. The zero-order valence-electron chi connectivity index (χ0n) is 16.6. The lowest BCUT2D eigenvalue weighted by molar-refractivity contribution is -0.142. The van der Waals surface area contributed by atoms with Crippen LogP contribution in [0.3, 0.4) is 0 Å². The summed E-state index contributed by atoms with van der Waals surface area (Å²) >= 11 is 0. The molecule has 0 radical (unpaired) electrons. The second-order valence-electron chi connectivity index (χ2n) is 6.75. The van der Waals surface area contributed by atoms with E-state index in [0.29, 0.717) is 24.2 Å². The molecule has 0 spiro atoms. The van der Waals surface area contributed by atoms with Gasteiger partial charge in [-0.15, -0.1) is 0 Å². The van der Waals surface area contributed by atoms with Gasteiger partial charge in [-0.2, -0.15) is 4.98 Å². The van der Waals surface area contributed by atoms with Crippen molar-refractivity contribution in [1.29, 1.82) is 0 Å². The SMILES string of the molecule is COc1ccc(-c2noc([C@H]3CN(C(=O)COc4ccc(F)cc4F)CCO3)n2)cc1. The molecule has 2 heterocycles. The van der Waals surface area contributed by atoms with Crippen LogP contribution < -0.4 is 9.47 Å². The van der Waals surface area contributed by atoms with Gasteiger partial charge in [0.05, 0.1) is 20.3 Å². The highest BCUT2D eigenvalue weighted by molar-refractivity contribution is 5.78. The molecular weight excluding hydrogens is 412 g/mol. The fraction of sp³-hybridized carbons (Fsp3) is 0.286. The highest BCUT2D eigenvalue weighted by atomic mass is 19.1. The number of methoxy groups -OCH3 is 1. The summed E-state index contributed by atoms with van der Waals surface area (Å²) in [6.07, 6.45) is -0.597. The molecule has 0 N–H and O–H groups in total. The van der Waals surface area contributed by atoms with Crippen LogP contribution in [0.25, 0.3) is 11.4 Å². The molecule has 162 valence electrons. The van der Waals surface area contributed by atoms with Crippen LogP contribution in [0.15, 0.2) is 47.0 Å². The van der Waals surface area contributed by atoms with E-state index in [1.165, 1.54) is 4.90 Å². The minimum Gasteiger partial charge on any atom is -0.497 e. The van der Waals surface area contributed by atoms with Crippen LogP contribution in [0.4, 0.5) is 8.78 Å². The standard InChI is InChI=1S/C21H19F2N3O5/c1-28-15-5-2-13(3-6-15)20-24-21(31-25-20)18-11-26(8-9-29-18)19(27)12-30-17-7-4-14(22)10-16(17)23/h2-7,10,18H,8-9,11-12H2,1H3/t18-/m1/s1. The van der Waals surface area contributed by atoms with Crippen LogP contribution >= 0.6 is 0 Å². The summed E-state index contributed by atoms with van der Waals surface area (Å²) in [6, 6.07) is 10.1. The predicted octanol–water partition coefficient (Wildman–Crippen LogP) is 3.00. The van der Waals surface area contributed by atoms with Gasteiger partial charge < -0.3 is 23.6 Å². The zero-order chi connectivity index (χ0) is 21.8. The van der Waals surface area contributed by atoms with Gasteiger partial charge in [0.15, 0.2) is 24.3 Å². The topological polar surface area (TPSA) is 86.9 Å². The van der Waals surface area contributed by atoms with Crippen molar-refractivity contribution in [3.05, 3.63) is 60.0 Å². The molecule has 0 saturated carbocycles. The molecule has 1 fully saturated rings. The average molecular weight is 431 g/mol. The third kappa shape index (κ3) is 4.80. The second kappa shape index (κ2) is 9.09. The van der Waals surface area contributed by atoms with Crippen LogP contribution in [0, 0.1) is 11.6 Å². The van der Waals surface area contributed by atoms with Crippen LogP contribution in [-0.4, -0.2) is 54.4 Å². The van der Waals surface area contributed by atoms with Gasteiger partial charge in [0.2, 0.25) is 5.82 Å². The molecule has 0 aliphatic carbocycles. The third-order valence-corrected chi connectivity index (χ3v) is 4.73. The van der Waals surface area contributed by atoms with E-state index in [9.17, 15) is 13.6 Å². The zero-order valence-corrected chi connectivity index (χ0v) is 16.6. The molecule has 2 aromatic carbocycles. The Bertz CT molecular complexity index is 1060. The Labute approximate surface area is 176 Å². The van der Waals surface area contributed by atoms with Crippen molar-refractivity contribution >= 4 is 5.91 Å².